The average Bonchev–Trinajstić information content (AvgIpc) is 2.49. The molecule has 0 spiro atoms. The van der Waals surface area contributed by atoms with Crippen LogP contribution in [0, 0.1) is 0 Å². The first-order valence-electron chi connectivity index (χ1n) is 7.18. The zero-order valence-corrected chi connectivity index (χ0v) is 12.7. The number of benzene rings is 1. The smallest absolute Gasteiger partial charge is 0.450 e. The lowest BCUT2D eigenvalue weighted by molar-refractivity contribution is 0.00533. The number of hydrogen-bond acceptors (Lipinski definition) is 5. The van der Waals surface area contributed by atoms with E-state index in [-0.39, 0.29) is 6.61 Å². The molecular formula is C15H18N2O6. The second kappa shape index (κ2) is 7.59. The van der Waals surface area contributed by atoms with Crippen LogP contribution in [0.4, 0.5) is 4.79 Å². The van der Waals surface area contributed by atoms with Crippen molar-refractivity contribution in [2.24, 2.45) is 0 Å². The van der Waals surface area contributed by atoms with E-state index < -0.39 is 23.4 Å². The van der Waals surface area contributed by atoms with Crippen LogP contribution < -0.4 is 11.1 Å². The molecule has 0 amide bonds. The summed E-state index contributed by atoms with van der Waals surface area (Å²) >= 11 is 0. The third-order valence-electron chi connectivity index (χ3n) is 3.21. The van der Waals surface area contributed by atoms with Crippen LogP contribution >= 0.6 is 0 Å². The summed E-state index contributed by atoms with van der Waals surface area (Å²) in [6.07, 6.45) is -1.40. The van der Waals surface area contributed by atoms with Gasteiger partial charge in [0.2, 0.25) is 0 Å². The zero-order chi connectivity index (χ0) is 16.8. The first-order valence-corrected chi connectivity index (χ1v) is 7.18. The third-order valence-corrected chi connectivity index (χ3v) is 3.21. The highest BCUT2D eigenvalue weighted by Crippen LogP contribution is 2.07. The summed E-state index contributed by atoms with van der Waals surface area (Å²) in [6.45, 7) is 2.37. The van der Waals surface area contributed by atoms with Gasteiger partial charge in [-0.2, -0.15) is 0 Å². The average molecular weight is 322 g/mol. The highest BCUT2D eigenvalue weighted by Gasteiger charge is 2.08. The maximum Gasteiger partial charge on any atom is 0.506 e. The number of ether oxygens (including phenoxy) is 2. The largest absolute Gasteiger partial charge is 0.506 e. The summed E-state index contributed by atoms with van der Waals surface area (Å²) in [4.78, 5) is 36.5. The Labute approximate surface area is 131 Å². The van der Waals surface area contributed by atoms with Crippen LogP contribution in [-0.2, 0) is 16.0 Å². The molecule has 8 nitrogen and oxygen atoms in total. The lowest BCUT2D eigenvalue weighted by Gasteiger charge is -2.12. The van der Waals surface area contributed by atoms with Crippen LogP contribution in [0.15, 0.2) is 33.9 Å². The SMILES string of the molecule is CC(COCCCn1c(=O)c(=O)[nH]c2ccccc21)OC(=O)O. The highest BCUT2D eigenvalue weighted by molar-refractivity contribution is 5.74. The Balaban J connectivity index is 1.95. The van der Waals surface area contributed by atoms with Gasteiger partial charge in [-0.15, -0.1) is 0 Å². The van der Waals surface area contributed by atoms with Crippen molar-refractivity contribution in [1.82, 2.24) is 9.55 Å². The standard InChI is InChI=1S/C15H18N2O6/c1-10(23-15(20)21)9-22-8-4-7-17-12-6-3-2-5-11(12)16-13(18)14(17)19/h2-3,5-6,10H,4,7-9H2,1H3,(H,16,18)(H,20,21). The number of aromatic amines is 1. The molecule has 1 aromatic heterocycles. The molecule has 0 radical (unpaired) electrons. The van der Waals surface area contributed by atoms with Crippen molar-refractivity contribution in [2.75, 3.05) is 13.2 Å². The molecule has 2 rings (SSSR count). The maximum atomic E-state index is 12.0. The molecule has 0 saturated heterocycles. The molecular weight excluding hydrogens is 304 g/mol. The van der Waals surface area contributed by atoms with E-state index in [1.807, 2.05) is 0 Å². The molecule has 8 heteroatoms. The summed E-state index contributed by atoms with van der Waals surface area (Å²) in [5.41, 5.74) is -0.0134. The van der Waals surface area contributed by atoms with Crippen molar-refractivity contribution in [3.8, 4) is 0 Å². The third kappa shape index (κ3) is 4.43. The molecule has 1 unspecified atom stereocenters. The van der Waals surface area contributed by atoms with E-state index >= 15 is 0 Å². The van der Waals surface area contributed by atoms with Crippen molar-refractivity contribution >= 4 is 17.2 Å². The first kappa shape index (κ1) is 16.8. The van der Waals surface area contributed by atoms with Crippen LogP contribution in [0.1, 0.15) is 13.3 Å². The van der Waals surface area contributed by atoms with Crippen LogP contribution in [0.2, 0.25) is 0 Å². The Morgan fingerprint density at radius 2 is 2.09 bits per heavy atom. The predicted octanol–water partition coefficient (Wildman–Crippen LogP) is 1.18. The van der Waals surface area contributed by atoms with Gasteiger partial charge in [-0.3, -0.25) is 9.59 Å². The number of rotatable bonds is 7. The molecule has 1 heterocycles. The summed E-state index contributed by atoms with van der Waals surface area (Å²) in [5.74, 6) is 0. The first-order chi connectivity index (χ1) is 11.0. The maximum absolute atomic E-state index is 12.0. The Morgan fingerprint density at radius 3 is 2.83 bits per heavy atom. The van der Waals surface area contributed by atoms with E-state index in [0.717, 1.165) is 0 Å². The number of fused-ring (bicyclic) bond motifs is 1. The van der Waals surface area contributed by atoms with Gasteiger partial charge in [-0.05, 0) is 25.5 Å². The number of para-hydroxylation sites is 2. The fourth-order valence-corrected chi connectivity index (χ4v) is 2.22. The molecule has 0 aliphatic carbocycles. The monoisotopic (exact) mass is 322 g/mol. The Bertz CT molecular complexity index is 794. The van der Waals surface area contributed by atoms with Gasteiger partial charge >= 0.3 is 17.3 Å². The van der Waals surface area contributed by atoms with Crippen LogP contribution in [0.25, 0.3) is 11.0 Å². The van der Waals surface area contributed by atoms with Crippen LogP contribution in [0.3, 0.4) is 0 Å². The number of H-pyrrole nitrogens is 1. The summed E-state index contributed by atoms with van der Waals surface area (Å²) < 4.78 is 11.2. The highest BCUT2D eigenvalue weighted by atomic mass is 16.7. The van der Waals surface area contributed by atoms with E-state index in [1.54, 1.807) is 31.2 Å². The van der Waals surface area contributed by atoms with Crippen LogP contribution in [-0.4, -0.2) is 40.1 Å². The van der Waals surface area contributed by atoms with Gasteiger partial charge < -0.3 is 24.1 Å². The number of nitrogens with one attached hydrogen (secondary N) is 1. The lowest BCUT2D eigenvalue weighted by Crippen LogP contribution is -2.36. The molecule has 2 aromatic rings. The minimum atomic E-state index is -1.34. The van der Waals surface area contributed by atoms with Gasteiger partial charge in [-0.1, -0.05) is 12.1 Å². The van der Waals surface area contributed by atoms with Gasteiger partial charge in [-0.25, -0.2) is 4.79 Å². The fraction of sp³-hybridized carbons (Fsp3) is 0.400. The van der Waals surface area contributed by atoms with Crippen molar-refractivity contribution in [3.63, 3.8) is 0 Å². The number of carboxylic acid groups (broad SMARTS) is 1. The molecule has 1 aromatic carbocycles. The second-order valence-corrected chi connectivity index (χ2v) is 5.05. The summed E-state index contributed by atoms with van der Waals surface area (Å²) in [7, 11) is 0. The molecule has 0 aliphatic heterocycles. The zero-order valence-electron chi connectivity index (χ0n) is 12.7. The molecule has 23 heavy (non-hydrogen) atoms. The quantitative estimate of drug-likeness (QED) is 0.450. The van der Waals surface area contributed by atoms with Gasteiger partial charge in [0.15, 0.2) is 0 Å². The molecule has 1 atom stereocenters. The molecule has 0 bridgehead atoms. The van der Waals surface area contributed by atoms with E-state index in [4.69, 9.17) is 9.84 Å². The summed E-state index contributed by atoms with van der Waals surface area (Å²) in [5, 5.41) is 8.44. The van der Waals surface area contributed by atoms with Gasteiger partial charge in [0.1, 0.15) is 6.10 Å². The second-order valence-electron chi connectivity index (χ2n) is 5.05. The van der Waals surface area contributed by atoms with Crippen molar-refractivity contribution in [1.29, 1.82) is 0 Å². The van der Waals surface area contributed by atoms with Crippen LogP contribution in [0.5, 0.6) is 0 Å². The topological polar surface area (TPSA) is 111 Å². The molecule has 0 saturated carbocycles. The van der Waals surface area contributed by atoms with Crippen molar-refractivity contribution in [3.05, 3.63) is 45.0 Å². The van der Waals surface area contributed by atoms with Crippen molar-refractivity contribution in [2.45, 2.75) is 26.0 Å². The predicted molar refractivity (Wildman–Crippen MR) is 82.8 cm³/mol. The Hall–Kier alpha value is -2.61. The molecule has 124 valence electrons. The number of carbonyl (C=O) groups is 1. The number of hydrogen-bond donors (Lipinski definition) is 2. The summed E-state index contributed by atoms with van der Waals surface area (Å²) in [6, 6.07) is 7.06. The normalized spacial score (nSPS) is 12.2. The number of aromatic nitrogens is 2. The van der Waals surface area contributed by atoms with E-state index in [1.165, 1.54) is 4.57 Å². The molecule has 0 aliphatic rings. The van der Waals surface area contributed by atoms with Crippen molar-refractivity contribution < 1.29 is 19.4 Å². The Morgan fingerprint density at radius 1 is 1.35 bits per heavy atom. The van der Waals surface area contributed by atoms with E-state index in [2.05, 4.69) is 9.72 Å². The molecule has 2 N–H and O–H groups in total. The fourth-order valence-electron chi connectivity index (χ4n) is 2.22. The molecule has 0 fully saturated rings. The Kier molecular flexibility index (Phi) is 5.53. The van der Waals surface area contributed by atoms with Gasteiger partial charge in [0.25, 0.3) is 0 Å². The van der Waals surface area contributed by atoms with Gasteiger partial charge in [0.05, 0.1) is 17.6 Å². The number of nitrogens with zero attached hydrogens (tertiary/aromatic N) is 1. The van der Waals surface area contributed by atoms with E-state index in [0.29, 0.717) is 30.6 Å². The van der Waals surface area contributed by atoms with E-state index in [9.17, 15) is 14.4 Å². The minimum Gasteiger partial charge on any atom is -0.450 e. The lowest BCUT2D eigenvalue weighted by atomic mass is 10.3. The van der Waals surface area contributed by atoms with Gasteiger partial charge in [0, 0.05) is 13.2 Å². The number of aryl methyl sites for hydroxylation is 1. The minimum absolute atomic E-state index is 0.136.